The van der Waals surface area contributed by atoms with Crippen LogP contribution in [0.2, 0.25) is 0 Å². The fourth-order valence-corrected chi connectivity index (χ4v) is 2.72. The summed E-state index contributed by atoms with van der Waals surface area (Å²) in [6.07, 6.45) is 1.97. The highest BCUT2D eigenvalue weighted by Crippen LogP contribution is 2.21. The number of benzene rings is 2. The van der Waals surface area contributed by atoms with E-state index >= 15 is 0 Å². The molecular formula is C21H13F2N3. The molecule has 0 spiro atoms. The van der Waals surface area contributed by atoms with Crippen LogP contribution < -0.4 is 0 Å². The molecule has 0 aliphatic heterocycles. The summed E-state index contributed by atoms with van der Waals surface area (Å²) in [5.74, 6) is 5.14. The van der Waals surface area contributed by atoms with E-state index in [1.807, 2.05) is 36.4 Å². The van der Waals surface area contributed by atoms with E-state index in [2.05, 4.69) is 27.0 Å². The van der Waals surface area contributed by atoms with E-state index in [9.17, 15) is 8.78 Å². The molecule has 0 fully saturated rings. The fourth-order valence-electron chi connectivity index (χ4n) is 2.72. The first-order valence-electron chi connectivity index (χ1n) is 8.03. The molecule has 2 aromatic heterocycles. The smallest absolute Gasteiger partial charge is 0.126 e. The topological polar surface area (TPSA) is 41.6 Å². The number of rotatable bonds is 2. The minimum absolute atomic E-state index is 0.290. The zero-order valence-corrected chi connectivity index (χ0v) is 13.6. The van der Waals surface area contributed by atoms with Crippen molar-refractivity contribution < 1.29 is 8.78 Å². The number of nitrogens with one attached hydrogen (secondary N) is 1. The molecule has 126 valence electrons. The van der Waals surface area contributed by atoms with Gasteiger partial charge in [0.05, 0.1) is 5.52 Å². The van der Waals surface area contributed by atoms with Gasteiger partial charge in [-0.25, -0.2) is 13.8 Å². The van der Waals surface area contributed by atoms with Gasteiger partial charge in [-0.05, 0) is 65.4 Å². The number of hydrogen-bond donors (Lipinski definition) is 1. The lowest BCUT2D eigenvalue weighted by Gasteiger charge is -2.04. The van der Waals surface area contributed by atoms with Crippen LogP contribution in [-0.2, 0) is 6.42 Å². The standard InChI is InChI=1S/C21H13F2N3/c22-16-5-7-19(23)15(13-16)11-14-4-8-20-18(12-14)21(26-25-20)9-6-17-3-1-2-10-24-17/h1-5,7-8,10,12-13H,11H2,(H,25,26). The number of aromatic amines is 1. The van der Waals surface area contributed by atoms with Crippen molar-refractivity contribution in [3.05, 3.63) is 94.9 Å². The summed E-state index contributed by atoms with van der Waals surface area (Å²) in [4.78, 5) is 4.16. The SMILES string of the molecule is Fc1ccc(F)c(Cc2ccc3n[nH]c(C#Cc4ccccn4)c3c2)c1. The van der Waals surface area contributed by atoms with Crippen LogP contribution in [0.1, 0.15) is 22.5 Å². The Morgan fingerprint density at radius 3 is 2.73 bits per heavy atom. The maximum atomic E-state index is 13.9. The van der Waals surface area contributed by atoms with E-state index in [0.717, 1.165) is 28.6 Å². The number of aromatic nitrogens is 3. The first-order valence-corrected chi connectivity index (χ1v) is 8.03. The third-order valence-corrected chi connectivity index (χ3v) is 4.00. The van der Waals surface area contributed by atoms with Gasteiger partial charge in [0, 0.05) is 18.0 Å². The zero-order valence-electron chi connectivity index (χ0n) is 13.6. The van der Waals surface area contributed by atoms with Gasteiger partial charge in [0.25, 0.3) is 0 Å². The number of halogens is 2. The van der Waals surface area contributed by atoms with Crippen molar-refractivity contribution in [3.63, 3.8) is 0 Å². The summed E-state index contributed by atoms with van der Waals surface area (Å²) in [5, 5.41) is 7.97. The highest BCUT2D eigenvalue weighted by Gasteiger charge is 2.08. The van der Waals surface area contributed by atoms with Gasteiger partial charge in [0.1, 0.15) is 23.0 Å². The van der Waals surface area contributed by atoms with E-state index in [-0.39, 0.29) is 6.42 Å². The normalized spacial score (nSPS) is 10.5. The molecule has 2 aromatic carbocycles. The average Bonchev–Trinajstić information content (AvgIpc) is 3.06. The summed E-state index contributed by atoms with van der Waals surface area (Å²) in [5.41, 5.74) is 3.25. The predicted octanol–water partition coefficient (Wildman–Crippen LogP) is 4.23. The van der Waals surface area contributed by atoms with Crippen molar-refractivity contribution in [2.75, 3.05) is 0 Å². The van der Waals surface area contributed by atoms with Crippen molar-refractivity contribution in [2.45, 2.75) is 6.42 Å². The summed E-state index contributed by atoms with van der Waals surface area (Å²) in [6.45, 7) is 0. The van der Waals surface area contributed by atoms with Gasteiger partial charge in [-0.3, -0.25) is 5.10 Å². The monoisotopic (exact) mass is 345 g/mol. The van der Waals surface area contributed by atoms with E-state index in [0.29, 0.717) is 17.0 Å². The second kappa shape index (κ2) is 6.77. The van der Waals surface area contributed by atoms with Crippen LogP contribution in [0.4, 0.5) is 8.78 Å². The largest absolute Gasteiger partial charge is 0.269 e. The summed E-state index contributed by atoms with van der Waals surface area (Å²) >= 11 is 0. The van der Waals surface area contributed by atoms with Gasteiger partial charge in [-0.15, -0.1) is 0 Å². The fraction of sp³-hybridized carbons (Fsp3) is 0.0476. The van der Waals surface area contributed by atoms with Gasteiger partial charge >= 0.3 is 0 Å². The van der Waals surface area contributed by atoms with Gasteiger partial charge in [0.15, 0.2) is 0 Å². The Kier molecular flexibility index (Phi) is 4.16. The molecular weight excluding hydrogens is 332 g/mol. The van der Waals surface area contributed by atoms with E-state index in [1.165, 1.54) is 6.07 Å². The molecule has 0 bridgehead atoms. The van der Waals surface area contributed by atoms with Gasteiger partial charge in [-0.2, -0.15) is 5.10 Å². The summed E-state index contributed by atoms with van der Waals surface area (Å²) < 4.78 is 27.3. The lowest BCUT2D eigenvalue weighted by Crippen LogP contribution is -1.94. The van der Waals surface area contributed by atoms with Gasteiger partial charge in [-0.1, -0.05) is 12.1 Å². The Labute approximate surface area is 148 Å². The highest BCUT2D eigenvalue weighted by molar-refractivity contribution is 5.84. The summed E-state index contributed by atoms with van der Waals surface area (Å²) in [6, 6.07) is 14.6. The number of nitrogens with zero attached hydrogens (tertiary/aromatic N) is 2. The zero-order chi connectivity index (χ0) is 17.9. The predicted molar refractivity (Wildman–Crippen MR) is 95.5 cm³/mol. The molecule has 0 saturated carbocycles. The summed E-state index contributed by atoms with van der Waals surface area (Å²) in [7, 11) is 0. The first-order chi connectivity index (χ1) is 12.7. The van der Waals surface area contributed by atoms with E-state index in [4.69, 9.17) is 0 Å². The maximum absolute atomic E-state index is 13.9. The maximum Gasteiger partial charge on any atom is 0.126 e. The number of pyridine rings is 1. The lowest BCUT2D eigenvalue weighted by atomic mass is 10.0. The molecule has 3 nitrogen and oxygen atoms in total. The second-order valence-electron chi connectivity index (χ2n) is 5.83. The molecule has 0 unspecified atom stereocenters. The molecule has 0 radical (unpaired) electrons. The second-order valence-corrected chi connectivity index (χ2v) is 5.83. The molecule has 4 aromatic rings. The Morgan fingerprint density at radius 1 is 0.962 bits per heavy atom. The van der Waals surface area contributed by atoms with Gasteiger partial charge in [0.2, 0.25) is 0 Å². The van der Waals surface area contributed by atoms with Gasteiger partial charge < -0.3 is 0 Å². The van der Waals surface area contributed by atoms with Crippen LogP contribution in [0.15, 0.2) is 60.8 Å². The van der Waals surface area contributed by atoms with Crippen molar-refractivity contribution in [1.29, 1.82) is 0 Å². The van der Waals surface area contributed by atoms with Crippen LogP contribution in [0.3, 0.4) is 0 Å². The quantitative estimate of drug-likeness (QED) is 0.553. The molecule has 1 N–H and O–H groups in total. The lowest BCUT2D eigenvalue weighted by molar-refractivity contribution is 0.588. The Morgan fingerprint density at radius 2 is 1.88 bits per heavy atom. The van der Waals surface area contributed by atoms with Crippen LogP contribution in [-0.4, -0.2) is 15.2 Å². The van der Waals surface area contributed by atoms with Crippen LogP contribution in [0, 0.1) is 23.5 Å². The van der Waals surface area contributed by atoms with Crippen molar-refractivity contribution in [1.82, 2.24) is 15.2 Å². The molecule has 26 heavy (non-hydrogen) atoms. The number of fused-ring (bicyclic) bond motifs is 1. The molecule has 0 amide bonds. The van der Waals surface area contributed by atoms with Crippen molar-refractivity contribution in [2.24, 2.45) is 0 Å². The average molecular weight is 345 g/mol. The van der Waals surface area contributed by atoms with Crippen molar-refractivity contribution >= 4 is 10.9 Å². The first kappa shape index (κ1) is 16.0. The number of H-pyrrole nitrogens is 1. The molecule has 0 atom stereocenters. The Bertz CT molecular complexity index is 1140. The Balaban J connectivity index is 1.69. The van der Waals surface area contributed by atoms with Crippen LogP contribution >= 0.6 is 0 Å². The molecule has 2 heterocycles. The minimum atomic E-state index is -0.451. The Hall–Kier alpha value is -3.52. The molecule has 0 aliphatic rings. The highest BCUT2D eigenvalue weighted by atomic mass is 19.1. The van der Waals surface area contributed by atoms with Crippen molar-refractivity contribution in [3.8, 4) is 11.8 Å². The van der Waals surface area contributed by atoms with E-state index < -0.39 is 11.6 Å². The third-order valence-electron chi connectivity index (χ3n) is 4.00. The minimum Gasteiger partial charge on any atom is -0.269 e. The van der Waals surface area contributed by atoms with E-state index in [1.54, 1.807) is 6.20 Å². The molecule has 0 aliphatic carbocycles. The molecule has 0 saturated heterocycles. The van der Waals surface area contributed by atoms with Crippen LogP contribution in [0.5, 0.6) is 0 Å². The molecule has 4 rings (SSSR count). The third kappa shape index (κ3) is 3.31. The van der Waals surface area contributed by atoms with Crippen LogP contribution in [0.25, 0.3) is 10.9 Å². The molecule has 5 heteroatoms. The number of hydrogen-bond acceptors (Lipinski definition) is 2.